The predicted molar refractivity (Wildman–Crippen MR) is 87.8 cm³/mol. The summed E-state index contributed by atoms with van der Waals surface area (Å²) in [4.78, 5) is 15.5. The Bertz CT molecular complexity index is 920. The van der Waals surface area contributed by atoms with E-state index in [4.69, 9.17) is 4.74 Å². The van der Waals surface area contributed by atoms with E-state index in [1.54, 1.807) is 24.3 Å². The molecule has 26 heavy (non-hydrogen) atoms. The molecule has 1 aromatic carbocycles. The largest absolute Gasteiger partial charge is 0.496 e. The molecular weight excluding hydrogens is 349 g/mol. The highest BCUT2D eigenvalue weighted by molar-refractivity contribution is 6.03. The molecule has 0 bridgehead atoms. The number of aromatic amines is 1. The minimum absolute atomic E-state index is 0.136. The molecule has 3 aromatic rings. The topological polar surface area (TPSA) is 79.9 Å². The Hall–Kier alpha value is -3.36. The van der Waals surface area contributed by atoms with Crippen molar-refractivity contribution in [1.82, 2.24) is 15.2 Å². The van der Waals surface area contributed by atoms with Gasteiger partial charge in [0.1, 0.15) is 17.1 Å². The van der Waals surface area contributed by atoms with Gasteiger partial charge >= 0.3 is 6.18 Å². The van der Waals surface area contributed by atoms with Gasteiger partial charge in [-0.1, -0.05) is 12.1 Å². The predicted octanol–water partition coefficient (Wildman–Crippen LogP) is 3.75. The van der Waals surface area contributed by atoms with Crippen LogP contribution in [0, 0.1) is 0 Å². The number of carbonyl (C=O) groups is 1. The summed E-state index contributed by atoms with van der Waals surface area (Å²) in [5, 5.41) is 9.13. The fraction of sp³-hybridized carbons (Fsp3) is 0.118. The Kier molecular flexibility index (Phi) is 4.61. The first-order valence-electron chi connectivity index (χ1n) is 7.42. The van der Waals surface area contributed by atoms with Gasteiger partial charge in [0.2, 0.25) is 0 Å². The number of nitrogens with one attached hydrogen (secondary N) is 2. The lowest BCUT2D eigenvalue weighted by Crippen LogP contribution is -2.13. The molecule has 0 fully saturated rings. The number of hydrogen-bond acceptors (Lipinski definition) is 4. The molecule has 0 unspecified atom stereocenters. The average Bonchev–Trinajstić information content (AvgIpc) is 3.11. The first-order chi connectivity index (χ1) is 12.4. The second-order valence-corrected chi connectivity index (χ2v) is 5.25. The van der Waals surface area contributed by atoms with Crippen molar-refractivity contribution in [2.45, 2.75) is 6.18 Å². The van der Waals surface area contributed by atoms with Gasteiger partial charge < -0.3 is 10.1 Å². The van der Waals surface area contributed by atoms with Crippen LogP contribution in [0.2, 0.25) is 0 Å². The van der Waals surface area contributed by atoms with E-state index >= 15 is 0 Å². The number of benzene rings is 1. The van der Waals surface area contributed by atoms with Gasteiger partial charge in [0, 0.05) is 5.56 Å². The Morgan fingerprint density at radius 2 is 1.96 bits per heavy atom. The molecule has 2 aromatic heterocycles. The number of nitrogens with zero attached hydrogens (tertiary/aromatic N) is 2. The molecule has 0 saturated heterocycles. The summed E-state index contributed by atoms with van der Waals surface area (Å²) in [5.74, 6) is 0.0399. The minimum Gasteiger partial charge on any atom is -0.496 e. The summed E-state index contributed by atoms with van der Waals surface area (Å²) < 4.78 is 42.7. The standard InChI is InChI=1S/C17H13F3N4O2/c1-26-14-5-3-2-4-11(14)12-8-13(24-23-12)16(25)22-10-6-7-15(21-9-10)17(18,19)20/h2-9H,1H3,(H,22,25)(H,23,24). The minimum atomic E-state index is -4.53. The SMILES string of the molecule is COc1ccccc1-c1cc(C(=O)Nc2ccc(C(F)(F)F)nc2)[nH]n1. The van der Waals surface area contributed by atoms with Gasteiger partial charge in [0.05, 0.1) is 24.7 Å². The van der Waals surface area contributed by atoms with Crippen molar-refractivity contribution in [3.63, 3.8) is 0 Å². The number of aromatic nitrogens is 3. The second-order valence-electron chi connectivity index (χ2n) is 5.25. The second kappa shape index (κ2) is 6.87. The Morgan fingerprint density at radius 3 is 2.62 bits per heavy atom. The summed E-state index contributed by atoms with van der Waals surface area (Å²) >= 11 is 0. The van der Waals surface area contributed by atoms with Gasteiger partial charge in [-0.05, 0) is 30.3 Å². The highest BCUT2D eigenvalue weighted by Crippen LogP contribution is 2.29. The molecule has 134 valence electrons. The molecule has 2 N–H and O–H groups in total. The maximum Gasteiger partial charge on any atom is 0.433 e. The van der Waals surface area contributed by atoms with Crippen LogP contribution >= 0.6 is 0 Å². The highest BCUT2D eigenvalue weighted by Gasteiger charge is 2.32. The number of H-pyrrole nitrogens is 1. The Labute approximate surface area is 146 Å². The van der Waals surface area contributed by atoms with E-state index in [1.165, 1.54) is 13.2 Å². The normalized spacial score (nSPS) is 11.2. The zero-order valence-electron chi connectivity index (χ0n) is 13.5. The molecule has 0 spiro atoms. The van der Waals surface area contributed by atoms with E-state index in [-0.39, 0.29) is 11.4 Å². The van der Waals surface area contributed by atoms with Crippen molar-refractivity contribution in [3.05, 3.63) is 60.0 Å². The molecule has 0 saturated carbocycles. The van der Waals surface area contributed by atoms with E-state index in [9.17, 15) is 18.0 Å². The molecule has 2 heterocycles. The van der Waals surface area contributed by atoms with E-state index in [0.717, 1.165) is 18.3 Å². The summed E-state index contributed by atoms with van der Waals surface area (Å²) in [6.45, 7) is 0. The van der Waals surface area contributed by atoms with Gasteiger partial charge in [-0.15, -0.1) is 0 Å². The van der Waals surface area contributed by atoms with Crippen LogP contribution < -0.4 is 10.1 Å². The molecule has 9 heteroatoms. The third kappa shape index (κ3) is 3.66. The van der Waals surface area contributed by atoms with E-state index in [2.05, 4.69) is 20.5 Å². The van der Waals surface area contributed by atoms with Crippen molar-refractivity contribution < 1.29 is 22.7 Å². The van der Waals surface area contributed by atoms with E-state index < -0.39 is 17.8 Å². The van der Waals surface area contributed by atoms with Gasteiger partial charge in [-0.25, -0.2) is 4.98 Å². The van der Waals surface area contributed by atoms with Crippen LogP contribution in [0.15, 0.2) is 48.7 Å². The van der Waals surface area contributed by atoms with Gasteiger partial charge in [-0.2, -0.15) is 18.3 Å². The lowest BCUT2D eigenvalue weighted by Gasteiger charge is -2.07. The molecular formula is C17H13F3N4O2. The van der Waals surface area contributed by atoms with Crippen LogP contribution in [0.25, 0.3) is 11.3 Å². The highest BCUT2D eigenvalue weighted by atomic mass is 19.4. The lowest BCUT2D eigenvalue weighted by atomic mass is 10.1. The zero-order valence-corrected chi connectivity index (χ0v) is 13.5. The molecule has 0 radical (unpaired) electrons. The molecule has 0 aliphatic carbocycles. The van der Waals surface area contributed by atoms with Crippen LogP contribution in [0.1, 0.15) is 16.2 Å². The summed E-state index contributed by atoms with van der Waals surface area (Å²) in [6.07, 6.45) is -3.59. The van der Waals surface area contributed by atoms with E-state index in [1.807, 2.05) is 0 Å². The third-order valence-corrected chi connectivity index (χ3v) is 3.52. The first kappa shape index (κ1) is 17.5. The monoisotopic (exact) mass is 362 g/mol. The number of rotatable bonds is 4. The molecule has 0 atom stereocenters. The number of halogens is 3. The maximum absolute atomic E-state index is 12.5. The Balaban J connectivity index is 1.76. The molecule has 1 amide bonds. The van der Waals surface area contributed by atoms with Crippen LogP contribution in [0.4, 0.5) is 18.9 Å². The van der Waals surface area contributed by atoms with Gasteiger partial charge in [0.15, 0.2) is 0 Å². The van der Waals surface area contributed by atoms with E-state index in [0.29, 0.717) is 17.0 Å². The molecule has 6 nitrogen and oxygen atoms in total. The number of para-hydroxylation sites is 1. The number of pyridine rings is 1. The fourth-order valence-electron chi connectivity index (χ4n) is 2.27. The molecule has 0 aliphatic rings. The lowest BCUT2D eigenvalue weighted by molar-refractivity contribution is -0.141. The number of methoxy groups -OCH3 is 1. The van der Waals surface area contributed by atoms with Gasteiger partial charge in [-0.3, -0.25) is 9.89 Å². The maximum atomic E-state index is 12.5. The Morgan fingerprint density at radius 1 is 1.19 bits per heavy atom. The van der Waals surface area contributed by atoms with Crippen LogP contribution in [0.5, 0.6) is 5.75 Å². The fourth-order valence-corrected chi connectivity index (χ4v) is 2.27. The quantitative estimate of drug-likeness (QED) is 0.741. The summed E-state index contributed by atoms with van der Waals surface area (Å²) in [5.41, 5.74) is 0.442. The van der Waals surface area contributed by atoms with Crippen molar-refractivity contribution in [2.24, 2.45) is 0 Å². The van der Waals surface area contributed by atoms with Crippen molar-refractivity contribution in [3.8, 4) is 17.0 Å². The van der Waals surface area contributed by atoms with Gasteiger partial charge in [0.25, 0.3) is 5.91 Å². The molecule has 0 aliphatic heterocycles. The smallest absolute Gasteiger partial charge is 0.433 e. The number of hydrogen-bond donors (Lipinski definition) is 2. The van der Waals surface area contributed by atoms with Crippen LogP contribution in [-0.2, 0) is 6.18 Å². The number of anilines is 1. The van der Waals surface area contributed by atoms with Crippen LogP contribution in [0.3, 0.4) is 0 Å². The average molecular weight is 362 g/mol. The van der Waals surface area contributed by atoms with Crippen molar-refractivity contribution >= 4 is 11.6 Å². The van der Waals surface area contributed by atoms with Crippen LogP contribution in [-0.4, -0.2) is 28.2 Å². The summed E-state index contributed by atoms with van der Waals surface area (Å²) in [6, 6.07) is 10.6. The first-order valence-corrected chi connectivity index (χ1v) is 7.42. The zero-order chi connectivity index (χ0) is 18.7. The molecule has 3 rings (SSSR count). The number of ether oxygens (including phenoxy) is 1. The third-order valence-electron chi connectivity index (χ3n) is 3.52. The number of alkyl halides is 3. The number of carbonyl (C=O) groups excluding carboxylic acids is 1. The number of amides is 1. The summed E-state index contributed by atoms with van der Waals surface area (Å²) in [7, 11) is 1.52. The van der Waals surface area contributed by atoms with Crippen molar-refractivity contribution in [2.75, 3.05) is 12.4 Å². The van der Waals surface area contributed by atoms with Crippen molar-refractivity contribution in [1.29, 1.82) is 0 Å².